The van der Waals surface area contributed by atoms with Gasteiger partial charge in [-0.3, -0.25) is 4.79 Å². The number of rotatable bonds is 7. The van der Waals surface area contributed by atoms with Gasteiger partial charge in [-0.15, -0.1) is 0 Å². The fraction of sp³-hybridized carbons (Fsp3) is 0.316. The summed E-state index contributed by atoms with van der Waals surface area (Å²) in [6.07, 6.45) is 2.48. The molecule has 1 fully saturated rings. The number of amides is 1. The first-order valence-corrected chi connectivity index (χ1v) is 8.50. The lowest BCUT2D eigenvalue weighted by Gasteiger charge is -2.20. The van der Waals surface area contributed by atoms with Gasteiger partial charge in [0.15, 0.2) is 0 Å². The molecule has 1 atom stereocenters. The zero-order valence-corrected chi connectivity index (χ0v) is 14.0. The van der Waals surface area contributed by atoms with Crippen LogP contribution in [0, 0.1) is 11.7 Å². The summed E-state index contributed by atoms with van der Waals surface area (Å²) in [6.45, 7) is 1.12. The second-order valence-electron chi connectivity index (χ2n) is 6.18. The average molecular weight is 347 g/mol. The molecule has 0 aliphatic heterocycles. The number of carbonyl (C=O) groups excluding carboxylic acids is 1. The predicted molar refractivity (Wildman–Crippen MR) is 93.4 cm³/mol. The smallest absolute Gasteiger partial charge is 0.234 e. The predicted octanol–water partition coefficient (Wildman–Crippen LogP) is 3.68. The lowest BCUT2D eigenvalue weighted by atomic mass is 9.98. The summed E-state index contributed by atoms with van der Waals surface area (Å²) in [6, 6.07) is 13.1. The van der Waals surface area contributed by atoms with Crippen LogP contribution in [0.5, 0.6) is 0 Å². The van der Waals surface area contributed by atoms with Crippen LogP contribution in [0.1, 0.15) is 30.0 Å². The normalized spacial score (nSPS) is 15.1. The first-order chi connectivity index (χ1) is 11.6. The Bertz CT molecular complexity index is 673. The van der Waals surface area contributed by atoms with E-state index in [2.05, 4.69) is 10.6 Å². The Kier molecular flexibility index (Phi) is 5.48. The van der Waals surface area contributed by atoms with Crippen LogP contribution in [0.15, 0.2) is 48.5 Å². The van der Waals surface area contributed by atoms with E-state index in [1.54, 1.807) is 24.3 Å². The lowest BCUT2D eigenvalue weighted by Crippen LogP contribution is -2.37. The van der Waals surface area contributed by atoms with Gasteiger partial charge in [-0.1, -0.05) is 35.9 Å². The molecule has 1 saturated carbocycles. The highest BCUT2D eigenvalue weighted by atomic mass is 35.5. The quantitative estimate of drug-likeness (QED) is 0.803. The van der Waals surface area contributed by atoms with E-state index in [1.165, 1.54) is 25.0 Å². The van der Waals surface area contributed by atoms with Gasteiger partial charge in [0.05, 0.1) is 12.6 Å². The minimum Gasteiger partial charge on any atom is -0.344 e. The molecule has 2 aromatic carbocycles. The van der Waals surface area contributed by atoms with Gasteiger partial charge in [0.1, 0.15) is 5.82 Å². The van der Waals surface area contributed by atoms with Crippen LogP contribution in [-0.4, -0.2) is 19.0 Å². The Morgan fingerprint density at radius 1 is 1.17 bits per heavy atom. The number of hydrogen-bond donors (Lipinski definition) is 2. The first-order valence-electron chi connectivity index (χ1n) is 8.13. The van der Waals surface area contributed by atoms with E-state index in [1.807, 2.05) is 12.1 Å². The minimum atomic E-state index is -0.436. The molecule has 3 rings (SSSR count). The van der Waals surface area contributed by atoms with E-state index in [-0.39, 0.29) is 18.3 Å². The molecule has 0 spiro atoms. The Morgan fingerprint density at radius 3 is 2.54 bits per heavy atom. The van der Waals surface area contributed by atoms with Crippen molar-refractivity contribution in [2.75, 3.05) is 13.1 Å². The summed E-state index contributed by atoms with van der Waals surface area (Å²) in [5.74, 6) is 0.260. The maximum atomic E-state index is 13.6. The van der Waals surface area contributed by atoms with Crippen molar-refractivity contribution in [3.05, 3.63) is 70.5 Å². The Morgan fingerprint density at radius 2 is 1.88 bits per heavy atom. The molecule has 0 saturated heterocycles. The highest BCUT2D eigenvalue weighted by Gasteiger charge is 2.21. The van der Waals surface area contributed by atoms with E-state index >= 15 is 0 Å². The van der Waals surface area contributed by atoms with Crippen molar-refractivity contribution in [3.8, 4) is 0 Å². The number of benzene rings is 2. The van der Waals surface area contributed by atoms with Crippen LogP contribution in [0.3, 0.4) is 0 Å². The number of nitrogens with one attached hydrogen (secondary N) is 2. The molecule has 2 aromatic rings. The van der Waals surface area contributed by atoms with Crippen molar-refractivity contribution in [1.29, 1.82) is 0 Å². The lowest BCUT2D eigenvalue weighted by molar-refractivity contribution is -0.120. The van der Waals surface area contributed by atoms with Gasteiger partial charge in [-0.25, -0.2) is 4.39 Å². The minimum absolute atomic E-state index is 0.120. The topological polar surface area (TPSA) is 41.1 Å². The molecule has 0 radical (unpaired) electrons. The number of halogens is 2. The van der Waals surface area contributed by atoms with E-state index in [0.29, 0.717) is 16.5 Å². The molecule has 126 valence electrons. The van der Waals surface area contributed by atoms with Gasteiger partial charge < -0.3 is 10.6 Å². The SMILES string of the molecule is O=C(CNCC1CC1)NC(c1cccc(F)c1)c1cccc(Cl)c1. The van der Waals surface area contributed by atoms with E-state index in [0.717, 1.165) is 12.1 Å². The van der Waals surface area contributed by atoms with Gasteiger partial charge >= 0.3 is 0 Å². The molecular weight excluding hydrogens is 327 g/mol. The van der Waals surface area contributed by atoms with Crippen LogP contribution < -0.4 is 10.6 Å². The maximum absolute atomic E-state index is 13.6. The number of hydrogen-bond acceptors (Lipinski definition) is 2. The van der Waals surface area contributed by atoms with Crippen molar-refractivity contribution in [2.45, 2.75) is 18.9 Å². The van der Waals surface area contributed by atoms with Gasteiger partial charge in [0.25, 0.3) is 0 Å². The van der Waals surface area contributed by atoms with E-state index in [4.69, 9.17) is 11.6 Å². The van der Waals surface area contributed by atoms with E-state index in [9.17, 15) is 9.18 Å². The molecule has 5 heteroatoms. The molecule has 1 unspecified atom stereocenters. The van der Waals surface area contributed by atoms with Gasteiger partial charge in [-0.2, -0.15) is 0 Å². The highest BCUT2D eigenvalue weighted by molar-refractivity contribution is 6.30. The molecule has 0 bridgehead atoms. The zero-order valence-electron chi connectivity index (χ0n) is 13.3. The summed E-state index contributed by atoms with van der Waals surface area (Å²) < 4.78 is 13.6. The standard InChI is InChI=1S/C19H20ClFN2O/c20-16-5-1-3-14(9-16)19(15-4-2-6-17(21)10-15)23-18(24)12-22-11-13-7-8-13/h1-6,9-10,13,19,22H,7-8,11-12H2,(H,23,24). The van der Waals surface area contributed by atoms with Crippen LogP contribution >= 0.6 is 11.6 Å². The summed E-state index contributed by atoms with van der Waals surface area (Å²) in [5, 5.41) is 6.72. The third kappa shape index (κ3) is 4.79. The van der Waals surface area contributed by atoms with Crippen molar-refractivity contribution in [2.24, 2.45) is 5.92 Å². The number of carbonyl (C=O) groups is 1. The molecule has 2 N–H and O–H groups in total. The average Bonchev–Trinajstić information content (AvgIpc) is 3.37. The monoisotopic (exact) mass is 346 g/mol. The van der Waals surface area contributed by atoms with E-state index < -0.39 is 6.04 Å². The zero-order chi connectivity index (χ0) is 16.9. The van der Waals surface area contributed by atoms with Crippen molar-refractivity contribution >= 4 is 17.5 Å². The van der Waals surface area contributed by atoms with Gasteiger partial charge in [0.2, 0.25) is 5.91 Å². The highest BCUT2D eigenvalue weighted by Crippen LogP contribution is 2.27. The Hall–Kier alpha value is -1.91. The van der Waals surface area contributed by atoms with Crippen LogP contribution in [0.25, 0.3) is 0 Å². The van der Waals surface area contributed by atoms with Crippen molar-refractivity contribution < 1.29 is 9.18 Å². The molecular formula is C19H20ClFN2O. The van der Waals surface area contributed by atoms with Crippen molar-refractivity contribution in [3.63, 3.8) is 0 Å². The second kappa shape index (κ2) is 7.77. The summed E-state index contributed by atoms with van der Waals surface area (Å²) in [5.41, 5.74) is 1.51. The first kappa shape index (κ1) is 16.9. The molecule has 1 aliphatic rings. The van der Waals surface area contributed by atoms with Crippen LogP contribution in [-0.2, 0) is 4.79 Å². The second-order valence-corrected chi connectivity index (χ2v) is 6.62. The summed E-state index contributed by atoms with van der Waals surface area (Å²) >= 11 is 6.07. The van der Waals surface area contributed by atoms with Crippen molar-refractivity contribution in [1.82, 2.24) is 10.6 Å². The molecule has 3 nitrogen and oxygen atoms in total. The third-order valence-electron chi connectivity index (χ3n) is 4.08. The fourth-order valence-electron chi connectivity index (χ4n) is 2.66. The Labute approximate surface area is 146 Å². The molecule has 24 heavy (non-hydrogen) atoms. The van der Waals surface area contributed by atoms with Gasteiger partial charge in [-0.05, 0) is 60.7 Å². The molecule has 1 aliphatic carbocycles. The largest absolute Gasteiger partial charge is 0.344 e. The fourth-order valence-corrected chi connectivity index (χ4v) is 2.85. The van der Waals surface area contributed by atoms with Crippen LogP contribution in [0.2, 0.25) is 5.02 Å². The molecule has 0 aromatic heterocycles. The summed E-state index contributed by atoms with van der Waals surface area (Å²) in [7, 11) is 0. The summed E-state index contributed by atoms with van der Waals surface area (Å²) in [4.78, 5) is 12.3. The molecule has 0 heterocycles. The third-order valence-corrected chi connectivity index (χ3v) is 4.32. The maximum Gasteiger partial charge on any atom is 0.234 e. The van der Waals surface area contributed by atoms with Crippen LogP contribution in [0.4, 0.5) is 4.39 Å². The molecule has 1 amide bonds. The van der Waals surface area contributed by atoms with Gasteiger partial charge in [0, 0.05) is 5.02 Å². The Balaban J connectivity index is 1.75.